The fraction of sp³-hybridized carbons (Fsp3) is 0.600. The molecule has 2 aromatic rings. The summed E-state index contributed by atoms with van der Waals surface area (Å²) in [6.45, 7) is 12.4. The van der Waals surface area contributed by atoms with E-state index >= 15 is 0 Å². The van der Waals surface area contributed by atoms with E-state index in [1.807, 2.05) is 19.1 Å². The summed E-state index contributed by atoms with van der Waals surface area (Å²) < 4.78 is 36.9. The average molecular weight is 945 g/mol. The summed E-state index contributed by atoms with van der Waals surface area (Å²) in [5.74, 6) is -2.64. The molecule has 2 aliphatic rings. The van der Waals surface area contributed by atoms with Crippen LogP contribution in [0.3, 0.4) is 0 Å². The second-order valence-electron chi connectivity index (χ2n) is 19.1. The second-order valence-corrected chi connectivity index (χ2v) is 19.1. The van der Waals surface area contributed by atoms with Gasteiger partial charge in [0.15, 0.2) is 0 Å². The molecule has 0 radical (unpaired) electrons. The van der Waals surface area contributed by atoms with Gasteiger partial charge in [0, 0.05) is 11.1 Å². The standard InChI is InChI=1S/C55H76O13/c1-9-11-12-14-39-18-24-43(25-19-39)44-26-20-40(21-27-44)16-17-41-22-28-45(29-23-41)47-31-46(15-13-30-64-49(56)37(3)4)48(32-42(47)10-2)65-33-55(34-66-50(57)38(5)6,35-67-53(60)51(58)62-7)36-68-54(61)52(59)63-8/h22-23,28-29,31-32,39-40,43-44H,3,5,9-21,24-27,30,33-36H2,1-2,4,6-8H3. The summed E-state index contributed by atoms with van der Waals surface area (Å²) in [6.07, 6.45) is 20.4. The van der Waals surface area contributed by atoms with E-state index in [4.69, 9.17) is 23.7 Å². The Morgan fingerprint density at radius 2 is 1.09 bits per heavy atom. The smallest absolute Gasteiger partial charge is 0.417 e. The van der Waals surface area contributed by atoms with Crippen molar-refractivity contribution < 1.29 is 61.9 Å². The van der Waals surface area contributed by atoms with Crippen LogP contribution in [0.2, 0.25) is 0 Å². The molecule has 4 rings (SSSR count). The molecule has 68 heavy (non-hydrogen) atoms. The number of hydrogen-bond donors (Lipinski definition) is 0. The maximum atomic E-state index is 12.7. The summed E-state index contributed by atoms with van der Waals surface area (Å²) in [6, 6.07) is 12.7. The minimum Gasteiger partial charge on any atom is -0.492 e. The summed E-state index contributed by atoms with van der Waals surface area (Å²) in [5, 5.41) is 0. The van der Waals surface area contributed by atoms with Gasteiger partial charge in [-0.25, -0.2) is 28.8 Å². The zero-order valence-corrected chi connectivity index (χ0v) is 41.6. The molecule has 0 spiro atoms. The number of esters is 6. The van der Waals surface area contributed by atoms with Gasteiger partial charge in [0.2, 0.25) is 0 Å². The molecule has 2 saturated carbocycles. The van der Waals surface area contributed by atoms with Gasteiger partial charge in [0.1, 0.15) is 37.6 Å². The number of ether oxygens (including phenoxy) is 7. The molecule has 2 aromatic carbocycles. The normalized spacial score (nSPS) is 18.1. The lowest BCUT2D eigenvalue weighted by molar-refractivity contribution is -0.177. The first-order valence-corrected chi connectivity index (χ1v) is 24.7. The van der Waals surface area contributed by atoms with Gasteiger partial charge in [-0.1, -0.05) is 103 Å². The van der Waals surface area contributed by atoms with Gasteiger partial charge in [-0.15, -0.1) is 0 Å². The molecular weight excluding hydrogens is 869 g/mol. The van der Waals surface area contributed by atoms with Gasteiger partial charge in [-0.3, -0.25) is 0 Å². The van der Waals surface area contributed by atoms with Gasteiger partial charge >= 0.3 is 35.8 Å². The molecule has 0 amide bonds. The first-order valence-electron chi connectivity index (χ1n) is 24.7. The molecule has 0 aromatic heterocycles. The van der Waals surface area contributed by atoms with Crippen LogP contribution in [0.4, 0.5) is 0 Å². The van der Waals surface area contributed by atoms with Gasteiger partial charge in [0.05, 0.1) is 20.8 Å². The minimum atomic E-state index is -1.67. The number of carbonyl (C=O) groups is 6. The summed E-state index contributed by atoms with van der Waals surface area (Å²) in [7, 11) is 2.01. The molecule has 0 saturated heterocycles. The Balaban J connectivity index is 1.53. The first-order chi connectivity index (χ1) is 32.6. The maximum absolute atomic E-state index is 12.7. The first kappa shape index (κ1) is 55.1. The van der Waals surface area contributed by atoms with Crippen LogP contribution in [-0.4, -0.2) is 83.1 Å². The SMILES string of the molecule is C=C(C)C(=O)OCCCc1cc(-c2ccc(CCC3CCC(C4CCC(CCCCC)CC4)CC3)cc2)c(CC)cc1OCC(COC(=O)C(=C)C)(COC(=O)C(=O)OC)COC(=O)C(=O)OC. The van der Waals surface area contributed by atoms with Gasteiger partial charge in [0.25, 0.3) is 0 Å². The fourth-order valence-electron chi connectivity index (χ4n) is 9.45. The van der Waals surface area contributed by atoms with Crippen molar-refractivity contribution in [3.05, 3.63) is 77.4 Å². The highest BCUT2D eigenvalue weighted by Crippen LogP contribution is 2.43. The molecule has 0 aliphatic heterocycles. The van der Waals surface area contributed by atoms with E-state index < -0.39 is 67.7 Å². The number of unbranched alkanes of at least 4 members (excludes halogenated alkanes) is 2. The van der Waals surface area contributed by atoms with Crippen molar-refractivity contribution in [2.45, 2.75) is 137 Å². The van der Waals surface area contributed by atoms with Crippen molar-refractivity contribution in [3.8, 4) is 16.9 Å². The molecule has 0 bridgehead atoms. The van der Waals surface area contributed by atoms with Crippen LogP contribution in [0.1, 0.15) is 134 Å². The van der Waals surface area contributed by atoms with Crippen LogP contribution >= 0.6 is 0 Å². The average Bonchev–Trinajstić information content (AvgIpc) is 3.36. The van der Waals surface area contributed by atoms with Crippen LogP contribution < -0.4 is 4.74 Å². The summed E-state index contributed by atoms with van der Waals surface area (Å²) in [5.41, 5.74) is 3.70. The minimum absolute atomic E-state index is 0.0570. The Morgan fingerprint density at radius 1 is 0.574 bits per heavy atom. The van der Waals surface area contributed by atoms with Crippen molar-refractivity contribution in [3.63, 3.8) is 0 Å². The van der Waals surface area contributed by atoms with E-state index in [2.05, 4.69) is 53.8 Å². The van der Waals surface area contributed by atoms with Crippen LogP contribution in [0.15, 0.2) is 60.7 Å². The molecular formula is C55H76O13. The Hall–Kier alpha value is -5.46. The third-order valence-electron chi connectivity index (χ3n) is 13.7. The van der Waals surface area contributed by atoms with Crippen molar-refractivity contribution in [2.24, 2.45) is 29.1 Å². The van der Waals surface area contributed by atoms with Crippen LogP contribution in [0.5, 0.6) is 5.75 Å². The van der Waals surface area contributed by atoms with E-state index in [0.717, 1.165) is 66.6 Å². The molecule has 13 heteroatoms. The third kappa shape index (κ3) is 17.3. The second kappa shape index (κ2) is 28.1. The number of aryl methyl sites for hydroxylation is 3. The molecule has 0 N–H and O–H groups in total. The lowest BCUT2D eigenvalue weighted by atomic mass is 9.68. The van der Waals surface area contributed by atoms with E-state index in [1.54, 1.807) is 6.92 Å². The quantitative estimate of drug-likeness (QED) is 0.0304. The number of hydrogen-bond acceptors (Lipinski definition) is 13. The monoisotopic (exact) mass is 945 g/mol. The largest absolute Gasteiger partial charge is 0.492 e. The van der Waals surface area contributed by atoms with E-state index in [1.165, 1.54) is 96.0 Å². The van der Waals surface area contributed by atoms with Gasteiger partial charge in [-0.2, -0.15) is 0 Å². The van der Waals surface area contributed by atoms with Crippen molar-refractivity contribution in [2.75, 3.05) is 47.3 Å². The molecule has 0 atom stereocenters. The predicted octanol–water partition coefficient (Wildman–Crippen LogP) is 10.0. The Labute approximate surface area is 404 Å². The number of methoxy groups -OCH3 is 2. The van der Waals surface area contributed by atoms with Crippen LogP contribution in [0, 0.1) is 29.1 Å². The predicted molar refractivity (Wildman–Crippen MR) is 258 cm³/mol. The number of carbonyl (C=O) groups excluding carboxylic acids is 6. The molecule has 13 nitrogen and oxygen atoms in total. The third-order valence-corrected chi connectivity index (χ3v) is 13.7. The Kier molecular flexibility index (Phi) is 22.8. The summed E-state index contributed by atoms with van der Waals surface area (Å²) in [4.78, 5) is 74.0. The lowest BCUT2D eigenvalue weighted by Crippen LogP contribution is -2.45. The van der Waals surface area contributed by atoms with Crippen LogP contribution in [-0.2, 0) is 76.5 Å². The Morgan fingerprint density at radius 3 is 1.59 bits per heavy atom. The molecule has 2 fully saturated rings. The van der Waals surface area contributed by atoms with Gasteiger partial charge < -0.3 is 33.2 Å². The molecule has 374 valence electrons. The van der Waals surface area contributed by atoms with E-state index in [-0.39, 0.29) is 17.8 Å². The molecule has 0 heterocycles. The van der Waals surface area contributed by atoms with E-state index in [9.17, 15) is 28.8 Å². The topological polar surface area (TPSA) is 167 Å². The highest BCUT2D eigenvalue weighted by molar-refractivity contribution is 6.30. The number of benzene rings is 2. The van der Waals surface area contributed by atoms with Crippen LogP contribution in [0.25, 0.3) is 11.1 Å². The molecule has 2 aliphatic carbocycles. The van der Waals surface area contributed by atoms with Crippen molar-refractivity contribution in [1.82, 2.24) is 0 Å². The van der Waals surface area contributed by atoms with Gasteiger partial charge in [-0.05, 0) is 135 Å². The maximum Gasteiger partial charge on any atom is 0.417 e. The number of rotatable bonds is 25. The zero-order valence-electron chi connectivity index (χ0n) is 41.6. The fourth-order valence-corrected chi connectivity index (χ4v) is 9.45. The summed E-state index contributed by atoms with van der Waals surface area (Å²) >= 11 is 0. The lowest BCUT2D eigenvalue weighted by Gasteiger charge is -2.38. The zero-order chi connectivity index (χ0) is 49.6. The highest BCUT2D eigenvalue weighted by Gasteiger charge is 2.39. The van der Waals surface area contributed by atoms with E-state index in [0.29, 0.717) is 25.0 Å². The van der Waals surface area contributed by atoms with Crippen molar-refractivity contribution in [1.29, 1.82) is 0 Å². The highest BCUT2D eigenvalue weighted by atomic mass is 16.6. The molecule has 0 unspecified atom stereocenters. The Bertz CT molecular complexity index is 1990. The van der Waals surface area contributed by atoms with Crippen molar-refractivity contribution >= 4 is 35.8 Å².